The fourth-order valence-corrected chi connectivity index (χ4v) is 4.03. The Morgan fingerprint density at radius 2 is 1.97 bits per heavy atom. The maximum Gasteiger partial charge on any atom is 0.419 e. The van der Waals surface area contributed by atoms with E-state index in [1.165, 1.54) is 0 Å². The topological polar surface area (TPSA) is 82.1 Å². The second-order valence-electron chi connectivity index (χ2n) is 8.91. The van der Waals surface area contributed by atoms with Crippen molar-refractivity contribution < 1.29 is 14.3 Å². The van der Waals surface area contributed by atoms with Crippen molar-refractivity contribution in [1.82, 2.24) is 14.3 Å². The first-order valence-electron chi connectivity index (χ1n) is 10.4. The number of methoxy groups -OCH3 is 1. The van der Waals surface area contributed by atoms with Crippen molar-refractivity contribution in [3.8, 4) is 11.8 Å². The molecule has 0 aliphatic carbocycles. The zero-order valence-electron chi connectivity index (χ0n) is 19.1. The van der Waals surface area contributed by atoms with Crippen LogP contribution >= 0.6 is 0 Å². The monoisotopic (exact) mass is 430 g/mol. The third-order valence-electron chi connectivity index (χ3n) is 5.44. The van der Waals surface area contributed by atoms with E-state index in [0.29, 0.717) is 5.56 Å². The molecule has 0 radical (unpaired) electrons. The molecule has 4 aromatic rings. The summed E-state index contributed by atoms with van der Waals surface area (Å²) in [5.41, 5.74) is 3.34. The van der Waals surface area contributed by atoms with E-state index >= 15 is 0 Å². The van der Waals surface area contributed by atoms with Crippen molar-refractivity contribution >= 4 is 27.9 Å². The summed E-state index contributed by atoms with van der Waals surface area (Å²) in [5.74, 6) is 0.724. The first kappa shape index (κ1) is 21.4. The number of nitrogens with zero attached hydrogens (tertiary/aromatic N) is 4. The molecule has 32 heavy (non-hydrogen) atoms. The smallest absolute Gasteiger partial charge is 0.419 e. The summed E-state index contributed by atoms with van der Waals surface area (Å²) in [7, 11) is 1.64. The van der Waals surface area contributed by atoms with Gasteiger partial charge in [-0.1, -0.05) is 0 Å². The lowest BCUT2D eigenvalue weighted by Gasteiger charge is -2.21. The number of nitriles is 1. The molecule has 2 heterocycles. The number of ether oxygens (including phenoxy) is 2. The highest BCUT2D eigenvalue weighted by Gasteiger charge is 2.25. The molecule has 4 rings (SSSR count). The van der Waals surface area contributed by atoms with Gasteiger partial charge in [0, 0.05) is 28.7 Å². The van der Waals surface area contributed by atoms with Crippen molar-refractivity contribution in [3.63, 3.8) is 0 Å². The van der Waals surface area contributed by atoms with Crippen LogP contribution in [0.5, 0.6) is 5.75 Å². The summed E-state index contributed by atoms with van der Waals surface area (Å²) in [5, 5.41) is 15.7. The summed E-state index contributed by atoms with van der Waals surface area (Å²) in [4.78, 5) is 12.8. The minimum atomic E-state index is -0.596. The van der Waals surface area contributed by atoms with Crippen LogP contribution in [0.2, 0.25) is 0 Å². The molecule has 2 aromatic carbocycles. The normalized spacial score (nSPS) is 12.7. The van der Waals surface area contributed by atoms with E-state index in [1.54, 1.807) is 30.0 Å². The standard InChI is InChI=1S/C25H26N4O3/c1-15-11-21(31-6)22(19-9-10-28(23(15)19)24(30)32-25(3,4)5)16(2)29-14-18-8-7-17(13-26)12-20(18)27-29/h7-12,14,16H,1-6H3. The molecule has 7 nitrogen and oxygen atoms in total. The van der Waals surface area contributed by atoms with E-state index in [4.69, 9.17) is 14.6 Å². The Kier molecular flexibility index (Phi) is 5.17. The van der Waals surface area contributed by atoms with Crippen LogP contribution in [0.1, 0.15) is 50.4 Å². The Morgan fingerprint density at radius 1 is 1.22 bits per heavy atom. The third kappa shape index (κ3) is 3.69. The largest absolute Gasteiger partial charge is 0.496 e. The summed E-state index contributed by atoms with van der Waals surface area (Å²) in [6.45, 7) is 9.53. The Labute approximate surface area is 186 Å². The summed E-state index contributed by atoms with van der Waals surface area (Å²) >= 11 is 0. The predicted molar refractivity (Wildman–Crippen MR) is 123 cm³/mol. The van der Waals surface area contributed by atoms with Gasteiger partial charge in [-0.05, 0) is 70.5 Å². The summed E-state index contributed by atoms with van der Waals surface area (Å²) < 4.78 is 14.7. The molecular formula is C25H26N4O3. The zero-order chi connectivity index (χ0) is 23.2. The third-order valence-corrected chi connectivity index (χ3v) is 5.44. The van der Waals surface area contributed by atoms with E-state index in [9.17, 15) is 10.1 Å². The van der Waals surface area contributed by atoms with Crippen molar-refractivity contribution in [3.05, 3.63) is 59.4 Å². The predicted octanol–water partition coefficient (Wildman–Crippen LogP) is 5.57. The average molecular weight is 431 g/mol. The lowest BCUT2D eigenvalue weighted by atomic mass is 9.99. The van der Waals surface area contributed by atoms with E-state index in [0.717, 1.165) is 38.7 Å². The number of rotatable bonds is 3. The molecular weight excluding hydrogens is 404 g/mol. The number of hydrogen-bond acceptors (Lipinski definition) is 5. The first-order valence-corrected chi connectivity index (χ1v) is 10.4. The van der Waals surface area contributed by atoms with Gasteiger partial charge in [0.15, 0.2) is 0 Å². The van der Waals surface area contributed by atoms with Crippen LogP contribution < -0.4 is 4.74 Å². The fourth-order valence-electron chi connectivity index (χ4n) is 4.03. The minimum Gasteiger partial charge on any atom is -0.496 e. The van der Waals surface area contributed by atoms with Crippen molar-refractivity contribution in [2.24, 2.45) is 0 Å². The van der Waals surface area contributed by atoms with Crippen LogP contribution in [0.4, 0.5) is 4.79 Å². The zero-order valence-corrected chi connectivity index (χ0v) is 19.1. The van der Waals surface area contributed by atoms with Gasteiger partial charge in [0.1, 0.15) is 11.4 Å². The van der Waals surface area contributed by atoms with Gasteiger partial charge >= 0.3 is 6.09 Å². The number of fused-ring (bicyclic) bond motifs is 2. The molecule has 2 aromatic heterocycles. The molecule has 0 aliphatic rings. The van der Waals surface area contributed by atoms with Crippen molar-refractivity contribution in [2.45, 2.75) is 46.3 Å². The van der Waals surface area contributed by atoms with Gasteiger partial charge < -0.3 is 9.47 Å². The van der Waals surface area contributed by atoms with Crippen LogP contribution in [0.25, 0.3) is 21.8 Å². The molecule has 1 unspecified atom stereocenters. The molecule has 0 N–H and O–H groups in total. The lowest BCUT2D eigenvalue weighted by Crippen LogP contribution is -2.26. The Bertz CT molecular complexity index is 1380. The lowest BCUT2D eigenvalue weighted by molar-refractivity contribution is 0.0544. The fraction of sp³-hybridized carbons (Fsp3) is 0.320. The minimum absolute atomic E-state index is 0.180. The molecule has 0 bridgehead atoms. The van der Waals surface area contributed by atoms with Crippen LogP contribution in [0, 0.1) is 18.3 Å². The number of hydrogen-bond donors (Lipinski definition) is 0. The van der Waals surface area contributed by atoms with Gasteiger partial charge in [-0.25, -0.2) is 4.79 Å². The van der Waals surface area contributed by atoms with Crippen LogP contribution in [0.3, 0.4) is 0 Å². The highest BCUT2D eigenvalue weighted by atomic mass is 16.6. The van der Waals surface area contributed by atoms with Gasteiger partial charge in [0.2, 0.25) is 0 Å². The molecule has 0 saturated carbocycles. The molecule has 0 amide bonds. The molecule has 164 valence electrons. The highest BCUT2D eigenvalue weighted by molar-refractivity contribution is 5.95. The average Bonchev–Trinajstić information content (AvgIpc) is 3.36. The van der Waals surface area contributed by atoms with Gasteiger partial charge in [0.05, 0.1) is 35.8 Å². The van der Waals surface area contributed by atoms with Gasteiger partial charge in [-0.3, -0.25) is 9.25 Å². The quantitative estimate of drug-likeness (QED) is 0.424. The van der Waals surface area contributed by atoms with Crippen LogP contribution in [0.15, 0.2) is 42.7 Å². The molecule has 0 fully saturated rings. The number of aromatic nitrogens is 3. The maximum atomic E-state index is 12.8. The van der Waals surface area contributed by atoms with Crippen LogP contribution in [-0.4, -0.2) is 33.2 Å². The Balaban J connectivity index is 1.87. The first-order chi connectivity index (χ1) is 15.1. The maximum absolute atomic E-state index is 12.8. The van der Waals surface area contributed by atoms with Crippen molar-refractivity contribution in [1.29, 1.82) is 5.26 Å². The summed E-state index contributed by atoms with van der Waals surface area (Å²) in [6.07, 6.45) is 3.27. The SMILES string of the molecule is COc1cc(C)c2c(ccn2C(=O)OC(C)(C)C)c1C(C)n1cc2ccc(C#N)cc2n1. The number of benzene rings is 2. The van der Waals surface area contributed by atoms with E-state index in [1.807, 2.05) is 63.7 Å². The summed E-state index contributed by atoms with van der Waals surface area (Å²) in [6, 6.07) is 11.3. The molecule has 7 heteroatoms. The van der Waals surface area contributed by atoms with Crippen LogP contribution in [-0.2, 0) is 4.74 Å². The highest BCUT2D eigenvalue weighted by Crippen LogP contribution is 2.38. The molecule has 0 aliphatic heterocycles. The van der Waals surface area contributed by atoms with E-state index in [-0.39, 0.29) is 6.04 Å². The van der Waals surface area contributed by atoms with Gasteiger partial charge in [-0.15, -0.1) is 0 Å². The molecule has 1 atom stereocenters. The van der Waals surface area contributed by atoms with Crippen molar-refractivity contribution in [2.75, 3.05) is 7.11 Å². The van der Waals surface area contributed by atoms with Gasteiger partial charge in [-0.2, -0.15) is 10.4 Å². The van der Waals surface area contributed by atoms with E-state index < -0.39 is 11.7 Å². The number of aryl methyl sites for hydroxylation is 1. The molecule has 0 spiro atoms. The number of carbonyl (C=O) groups is 1. The number of carbonyl (C=O) groups excluding carboxylic acids is 1. The second-order valence-corrected chi connectivity index (χ2v) is 8.91. The Morgan fingerprint density at radius 3 is 2.62 bits per heavy atom. The Hall–Kier alpha value is -3.79. The van der Waals surface area contributed by atoms with Gasteiger partial charge in [0.25, 0.3) is 0 Å². The second kappa shape index (κ2) is 7.72. The van der Waals surface area contributed by atoms with E-state index in [2.05, 4.69) is 6.07 Å². The molecule has 0 saturated heterocycles.